The van der Waals surface area contributed by atoms with Crippen LogP contribution in [-0.4, -0.2) is 44.9 Å². The number of hydrogen-bond donors (Lipinski definition) is 0. The van der Waals surface area contributed by atoms with E-state index in [1.807, 2.05) is 30.9 Å². The summed E-state index contributed by atoms with van der Waals surface area (Å²) in [5, 5.41) is 5.13. The van der Waals surface area contributed by atoms with E-state index in [0.717, 1.165) is 54.4 Å². The van der Waals surface area contributed by atoms with Crippen molar-refractivity contribution in [2.45, 2.75) is 38.7 Å². The summed E-state index contributed by atoms with van der Waals surface area (Å²) in [6.45, 7) is 3.14. The summed E-state index contributed by atoms with van der Waals surface area (Å²) in [6, 6.07) is 3.64. The average Bonchev–Trinajstić information content (AvgIpc) is 3.45. The fourth-order valence-corrected chi connectivity index (χ4v) is 5.20. The number of nitrogens with zero attached hydrogens (tertiary/aromatic N) is 5. The summed E-state index contributed by atoms with van der Waals surface area (Å²) in [6.07, 6.45) is 7.51. The van der Waals surface area contributed by atoms with Crippen LogP contribution < -0.4 is 4.90 Å². The number of fused-ring (bicyclic) bond motifs is 3. The summed E-state index contributed by atoms with van der Waals surface area (Å²) >= 11 is 1.61. The molecule has 4 heterocycles. The lowest BCUT2D eigenvalue weighted by Gasteiger charge is -2.23. The van der Waals surface area contributed by atoms with Crippen molar-refractivity contribution in [1.29, 1.82) is 0 Å². The first-order valence-corrected chi connectivity index (χ1v) is 10.8. The quantitative estimate of drug-likeness (QED) is 0.662. The number of hydrogen-bond acceptors (Lipinski definition) is 6. The normalized spacial score (nSPS) is 17.8. The SMILES string of the molecule is Cc1ncccc1C(=O)N(CC1CCCO1)c1nc2c(s1)CCc1c-2cnn1C. The van der Waals surface area contributed by atoms with Gasteiger partial charge in [0, 0.05) is 41.7 Å². The van der Waals surface area contributed by atoms with Gasteiger partial charge in [0.2, 0.25) is 0 Å². The van der Waals surface area contributed by atoms with Crippen LogP contribution in [0.5, 0.6) is 0 Å². The highest BCUT2D eigenvalue weighted by Crippen LogP contribution is 2.39. The highest BCUT2D eigenvalue weighted by Gasteiger charge is 2.31. The van der Waals surface area contributed by atoms with Crippen LogP contribution in [0.3, 0.4) is 0 Å². The van der Waals surface area contributed by atoms with Crippen molar-refractivity contribution in [3.05, 3.63) is 46.4 Å². The van der Waals surface area contributed by atoms with Crippen LogP contribution in [0.25, 0.3) is 11.3 Å². The lowest BCUT2D eigenvalue weighted by atomic mass is 10.0. The van der Waals surface area contributed by atoms with E-state index in [9.17, 15) is 4.79 Å². The van der Waals surface area contributed by atoms with Crippen LogP contribution in [0.4, 0.5) is 5.13 Å². The monoisotopic (exact) mass is 409 g/mol. The molecule has 0 spiro atoms. The molecule has 1 atom stereocenters. The molecule has 1 aliphatic heterocycles. The van der Waals surface area contributed by atoms with Crippen molar-refractivity contribution in [3.63, 3.8) is 0 Å². The Morgan fingerprint density at radius 3 is 3.10 bits per heavy atom. The Hall–Kier alpha value is -2.58. The van der Waals surface area contributed by atoms with Crippen LogP contribution in [0.1, 0.15) is 39.5 Å². The van der Waals surface area contributed by atoms with Gasteiger partial charge < -0.3 is 4.74 Å². The minimum absolute atomic E-state index is 0.0470. The highest BCUT2D eigenvalue weighted by molar-refractivity contribution is 7.16. The van der Waals surface area contributed by atoms with E-state index in [4.69, 9.17) is 9.72 Å². The number of aromatic nitrogens is 4. The molecule has 0 aromatic carbocycles. The Bertz CT molecular complexity index is 1070. The van der Waals surface area contributed by atoms with Gasteiger partial charge in [0.15, 0.2) is 5.13 Å². The molecule has 1 unspecified atom stereocenters. The first kappa shape index (κ1) is 18.4. The minimum Gasteiger partial charge on any atom is -0.376 e. The number of carbonyl (C=O) groups excluding carboxylic acids is 1. The zero-order chi connectivity index (χ0) is 20.0. The third-order valence-corrected chi connectivity index (χ3v) is 6.85. The van der Waals surface area contributed by atoms with Crippen LogP contribution in [0.2, 0.25) is 0 Å². The topological polar surface area (TPSA) is 73.1 Å². The Morgan fingerprint density at radius 1 is 1.41 bits per heavy atom. The molecular weight excluding hydrogens is 386 g/mol. The van der Waals surface area contributed by atoms with Crippen molar-refractivity contribution in [1.82, 2.24) is 19.7 Å². The maximum absolute atomic E-state index is 13.5. The molecule has 3 aromatic heterocycles. The van der Waals surface area contributed by atoms with E-state index in [1.165, 1.54) is 10.6 Å². The van der Waals surface area contributed by atoms with Crippen LogP contribution in [0.15, 0.2) is 24.5 Å². The number of amides is 1. The second-order valence-corrected chi connectivity index (χ2v) is 8.65. The Labute approximate surface area is 173 Å². The zero-order valence-corrected chi connectivity index (χ0v) is 17.4. The summed E-state index contributed by atoms with van der Waals surface area (Å²) in [7, 11) is 1.97. The lowest BCUT2D eigenvalue weighted by molar-refractivity contribution is 0.0916. The van der Waals surface area contributed by atoms with Crippen LogP contribution in [-0.2, 0) is 24.6 Å². The molecule has 5 rings (SSSR count). The number of anilines is 1. The van der Waals surface area contributed by atoms with Gasteiger partial charge in [-0.25, -0.2) is 4.98 Å². The van der Waals surface area contributed by atoms with Crippen molar-refractivity contribution in [3.8, 4) is 11.3 Å². The lowest BCUT2D eigenvalue weighted by Crippen LogP contribution is -2.38. The largest absolute Gasteiger partial charge is 0.376 e. The first-order chi connectivity index (χ1) is 14.1. The molecule has 29 heavy (non-hydrogen) atoms. The van der Waals surface area contributed by atoms with Crippen molar-refractivity contribution < 1.29 is 9.53 Å². The van der Waals surface area contributed by atoms with Gasteiger partial charge in [-0.3, -0.25) is 19.4 Å². The number of thiazole rings is 1. The summed E-state index contributed by atoms with van der Waals surface area (Å²) < 4.78 is 7.76. The summed E-state index contributed by atoms with van der Waals surface area (Å²) in [5.74, 6) is -0.0661. The molecular formula is C21H23N5O2S. The minimum atomic E-state index is -0.0661. The predicted octanol–water partition coefficient (Wildman–Crippen LogP) is 3.17. The molecule has 0 radical (unpaired) electrons. The molecule has 1 fully saturated rings. The van der Waals surface area contributed by atoms with E-state index in [2.05, 4.69) is 10.1 Å². The molecule has 3 aromatic rings. The van der Waals surface area contributed by atoms with Gasteiger partial charge in [0.25, 0.3) is 5.91 Å². The third-order valence-electron chi connectivity index (χ3n) is 5.72. The van der Waals surface area contributed by atoms with Gasteiger partial charge >= 0.3 is 0 Å². The molecule has 2 aliphatic rings. The first-order valence-electron chi connectivity index (χ1n) is 9.98. The van der Waals surface area contributed by atoms with Gasteiger partial charge in [-0.2, -0.15) is 5.10 Å². The van der Waals surface area contributed by atoms with E-state index in [-0.39, 0.29) is 12.0 Å². The van der Waals surface area contributed by atoms with Crippen molar-refractivity contribution in [2.75, 3.05) is 18.1 Å². The summed E-state index contributed by atoms with van der Waals surface area (Å²) in [4.78, 5) is 25.7. The Morgan fingerprint density at radius 2 is 2.31 bits per heavy atom. The van der Waals surface area contributed by atoms with Crippen molar-refractivity contribution in [2.24, 2.45) is 7.05 Å². The molecule has 150 valence electrons. The second-order valence-electron chi connectivity index (χ2n) is 7.58. The molecule has 1 amide bonds. The smallest absolute Gasteiger partial charge is 0.261 e. The van der Waals surface area contributed by atoms with Crippen molar-refractivity contribution >= 4 is 22.4 Å². The number of aryl methyl sites for hydroxylation is 3. The van der Waals surface area contributed by atoms with Gasteiger partial charge in [0.05, 0.1) is 30.1 Å². The van der Waals surface area contributed by atoms with Gasteiger partial charge in [0.1, 0.15) is 0 Å². The third kappa shape index (κ3) is 3.26. The fourth-order valence-electron chi connectivity index (χ4n) is 4.12. The number of pyridine rings is 1. The molecule has 8 heteroatoms. The Balaban J connectivity index is 1.54. The Kier molecular flexibility index (Phi) is 4.67. The fraction of sp³-hybridized carbons (Fsp3) is 0.429. The van der Waals surface area contributed by atoms with E-state index >= 15 is 0 Å². The van der Waals surface area contributed by atoms with Gasteiger partial charge in [-0.1, -0.05) is 0 Å². The number of ether oxygens (including phenoxy) is 1. The van der Waals surface area contributed by atoms with Gasteiger partial charge in [-0.05, 0) is 44.7 Å². The molecule has 7 nitrogen and oxygen atoms in total. The molecule has 0 bridgehead atoms. The van der Waals surface area contributed by atoms with Gasteiger partial charge in [-0.15, -0.1) is 11.3 Å². The number of carbonyl (C=O) groups is 1. The molecule has 0 saturated carbocycles. The van der Waals surface area contributed by atoms with E-state index in [1.54, 1.807) is 28.5 Å². The molecule has 1 aliphatic carbocycles. The number of rotatable bonds is 4. The van der Waals surface area contributed by atoms with E-state index < -0.39 is 0 Å². The predicted molar refractivity (Wildman–Crippen MR) is 111 cm³/mol. The highest BCUT2D eigenvalue weighted by atomic mass is 32.1. The summed E-state index contributed by atoms with van der Waals surface area (Å²) in [5.41, 5.74) is 4.59. The maximum atomic E-state index is 13.5. The van der Waals surface area contributed by atoms with Crippen LogP contribution in [0, 0.1) is 6.92 Å². The zero-order valence-electron chi connectivity index (χ0n) is 16.6. The standard InChI is InChI=1S/C21H23N5O2S/c1-13-15(6-3-9-22-13)20(27)26(12-14-5-4-10-28-14)21-24-19-16-11-23-25(2)17(16)7-8-18(19)29-21/h3,6,9,11,14H,4-5,7-8,10,12H2,1-2H3. The molecule has 1 saturated heterocycles. The van der Waals surface area contributed by atoms with E-state index in [0.29, 0.717) is 12.1 Å². The van der Waals surface area contributed by atoms with Crippen LogP contribution >= 0.6 is 11.3 Å². The molecule has 0 N–H and O–H groups in total. The second kappa shape index (κ2) is 7.35. The average molecular weight is 410 g/mol. The maximum Gasteiger partial charge on any atom is 0.261 e.